The van der Waals surface area contributed by atoms with Gasteiger partial charge in [0.2, 0.25) is 0 Å². The molecule has 0 bridgehead atoms. The fourth-order valence-electron chi connectivity index (χ4n) is 1.55. The second-order valence-electron chi connectivity index (χ2n) is 3.35. The average Bonchev–Trinajstić information content (AvgIpc) is 2.02. The Morgan fingerprint density at radius 3 is 2.85 bits per heavy atom. The monoisotopic (exact) mass is 181 g/mol. The largest absolute Gasteiger partial charge is 0.369 e. The van der Waals surface area contributed by atoms with Crippen molar-refractivity contribution in [2.45, 2.75) is 25.8 Å². The van der Waals surface area contributed by atoms with Crippen molar-refractivity contribution in [2.75, 3.05) is 5.32 Å². The summed E-state index contributed by atoms with van der Waals surface area (Å²) in [4.78, 5) is 27.0. The maximum Gasteiger partial charge on any atom is 0.327 e. The summed E-state index contributed by atoms with van der Waals surface area (Å²) in [6, 6.07) is 0.310. The Bertz CT molecular complexity index is 432. The maximum atomic E-state index is 11.3. The topological polar surface area (TPSA) is 77.8 Å². The Morgan fingerprint density at radius 1 is 1.31 bits per heavy atom. The molecule has 2 heterocycles. The SMILES string of the molecule is CC1CCc2c([nH]c(=O)[nH]c2=O)N1. The van der Waals surface area contributed by atoms with Gasteiger partial charge in [-0.15, -0.1) is 0 Å². The zero-order valence-electron chi connectivity index (χ0n) is 7.31. The average molecular weight is 181 g/mol. The highest BCUT2D eigenvalue weighted by molar-refractivity contribution is 5.45. The normalized spacial score (nSPS) is 20.5. The standard InChI is InChI=1S/C8H11N3O2/c1-4-2-3-5-6(9-4)10-8(13)11-7(5)12/h4H,2-3H2,1H3,(H3,9,10,11,12,13). The van der Waals surface area contributed by atoms with Gasteiger partial charge in [0.15, 0.2) is 0 Å². The first-order chi connectivity index (χ1) is 6.16. The van der Waals surface area contributed by atoms with Crippen molar-refractivity contribution in [2.24, 2.45) is 0 Å². The van der Waals surface area contributed by atoms with Gasteiger partial charge in [0.25, 0.3) is 5.56 Å². The fraction of sp³-hybridized carbons (Fsp3) is 0.500. The number of hydrogen-bond acceptors (Lipinski definition) is 3. The van der Waals surface area contributed by atoms with Crippen LogP contribution in [0.3, 0.4) is 0 Å². The minimum absolute atomic E-state index is 0.279. The second-order valence-corrected chi connectivity index (χ2v) is 3.35. The summed E-state index contributed by atoms with van der Waals surface area (Å²) in [5, 5.41) is 3.07. The third kappa shape index (κ3) is 1.37. The van der Waals surface area contributed by atoms with Crippen LogP contribution < -0.4 is 16.6 Å². The molecular weight excluding hydrogens is 170 g/mol. The van der Waals surface area contributed by atoms with E-state index >= 15 is 0 Å². The molecule has 1 aromatic heterocycles. The van der Waals surface area contributed by atoms with Crippen LogP contribution in [0.1, 0.15) is 18.9 Å². The van der Waals surface area contributed by atoms with E-state index in [9.17, 15) is 9.59 Å². The second kappa shape index (κ2) is 2.76. The molecular formula is C8H11N3O2. The number of fused-ring (bicyclic) bond motifs is 1. The Morgan fingerprint density at radius 2 is 2.08 bits per heavy atom. The number of nitrogens with one attached hydrogen (secondary N) is 3. The van der Waals surface area contributed by atoms with Gasteiger partial charge in [-0.3, -0.25) is 14.8 Å². The lowest BCUT2D eigenvalue weighted by Crippen LogP contribution is -2.33. The molecule has 5 heteroatoms. The van der Waals surface area contributed by atoms with Crippen LogP contribution in [0.4, 0.5) is 5.82 Å². The Labute approximate surface area is 74.2 Å². The van der Waals surface area contributed by atoms with Gasteiger partial charge >= 0.3 is 5.69 Å². The lowest BCUT2D eigenvalue weighted by Gasteiger charge is -2.21. The van der Waals surface area contributed by atoms with Crippen LogP contribution in [-0.4, -0.2) is 16.0 Å². The van der Waals surface area contributed by atoms with E-state index in [1.54, 1.807) is 0 Å². The molecule has 2 rings (SSSR count). The minimum Gasteiger partial charge on any atom is -0.369 e. The van der Waals surface area contributed by atoms with Crippen molar-refractivity contribution < 1.29 is 0 Å². The summed E-state index contributed by atoms with van der Waals surface area (Å²) in [7, 11) is 0. The van der Waals surface area contributed by atoms with Gasteiger partial charge in [-0.25, -0.2) is 4.79 Å². The molecule has 1 atom stereocenters. The van der Waals surface area contributed by atoms with Crippen LogP contribution in [0.25, 0.3) is 0 Å². The zero-order valence-corrected chi connectivity index (χ0v) is 7.31. The van der Waals surface area contributed by atoms with E-state index in [4.69, 9.17) is 0 Å². The van der Waals surface area contributed by atoms with Gasteiger partial charge in [0.1, 0.15) is 5.82 Å². The van der Waals surface area contributed by atoms with Crippen molar-refractivity contribution in [3.8, 4) is 0 Å². The van der Waals surface area contributed by atoms with Gasteiger partial charge in [-0.05, 0) is 19.8 Å². The zero-order chi connectivity index (χ0) is 9.42. The molecule has 0 spiro atoms. The van der Waals surface area contributed by atoms with Crippen LogP contribution in [0.5, 0.6) is 0 Å². The Balaban J connectivity index is 2.60. The molecule has 0 amide bonds. The Hall–Kier alpha value is -1.52. The van der Waals surface area contributed by atoms with E-state index in [0.717, 1.165) is 12.8 Å². The van der Waals surface area contributed by atoms with Crippen molar-refractivity contribution in [3.63, 3.8) is 0 Å². The number of anilines is 1. The van der Waals surface area contributed by atoms with E-state index in [1.807, 2.05) is 6.92 Å². The van der Waals surface area contributed by atoms with Gasteiger partial charge < -0.3 is 5.32 Å². The number of rotatable bonds is 0. The predicted molar refractivity (Wildman–Crippen MR) is 49.1 cm³/mol. The first-order valence-corrected chi connectivity index (χ1v) is 4.29. The number of H-pyrrole nitrogens is 2. The molecule has 3 N–H and O–H groups in total. The van der Waals surface area contributed by atoms with Gasteiger partial charge in [0, 0.05) is 6.04 Å². The van der Waals surface area contributed by atoms with Crippen LogP contribution >= 0.6 is 0 Å². The molecule has 1 aliphatic rings. The lowest BCUT2D eigenvalue weighted by atomic mass is 10.0. The van der Waals surface area contributed by atoms with Crippen molar-refractivity contribution >= 4 is 5.82 Å². The van der Waals surface area contributed by atoms with Crippen LogP contribution in [0.2, 0.25) is 0 Å². The third-order valence-electron chi connectivity index (χ3n) is 2.26. The highest BCUT2D eigenvalue weighted by atomic mass is 16.2. The van der Waals surface area contributed by atoms with Crippen LogP contribution in [-0.2, 0) is 6.42 Å². The number of hydrogen-bond donors (Lipinski definition) is 3. The highest BCUT2D eigenvalue weighted by Crippen LogP contribution is 2.16. The number of aromatic nitrogens is 2. The summed E-state index contributed by atoms with van der Waals surface area (Å²) >= 11 is 0. The predicted octanol–water partition coefficient (Wildman–Crippen LogP) is -0.190. The number of aromatic amines is 2. The minimum atomic E-state index is -0.453. The quantitative estimate of drug-likeness (QED) is 0.519. The maximum absolute atomic E-state index is 11.3. The molecule has 1 unspecified atom stereocenters. The summed E-state index contributed by atoms with van der Waals surface area (Å²) in [6.45, 7) is 2.02. The van der Waals surface area contributed by atoms with Gasteiger partial charge in [0.05, 0.1) is 5.56 Å². The van der Waals surface area contributed by atoms with Gasteiger partial charge in [-0.2, -0.15) is 0 Å². The first-order valence-electron chi connectivity index (χ1n) is 4.29. The fourth-order valence-corrected chi connectivity index (χ4v) is 1.55. The smallest absolute Gasteiger partial charge is 0.327 e. The molecule has 5 nitrogen and oxygen atoms in total. The highest BCUT2D eigenvalue weighted by Gasteiger charge is 2.17. The molecule has 70 valence electrons. The lowest BCUT2D eigenvalue weighted by molar-refractivity contribution is 0.663. The molecule has 0 fully saturated rings. The molecule has 0 saturated carbocycles. The first kappa shape index (κ1) is 8.10. The molecule has 0 aliphatic carbocycles. The summed E-state index contributed by atoms with van der Waals surface area (Å²) < 4.78 is 0. The molecule has 0 saturated heterocycles. The summed E-state index contributed by atoms with van der Waals surface area (Å²) in [5.41, 5.74) is -0.0822. The Kier molecular flexibility index (Phi) is 1.72. The van der Waals surface area contributed by atoms with Gasteiger partial charge in [-0.1, -0.05) is 0 Å². The van der Waals surface area contributed by atoms with Crippen LogP contribution in [0, 0.1) is 0 Å². The van der Waals surface area contributed by atoms with Crippen molar-refractivity contribution in [1.82, 2.24) is 9.97 Å². The molecule has 13 heavy (non-hydrogen) atoms. The third-order valence-corrected chi connectivity index (χ3v) is 2.26. The molecule has 0 radical (unpaired) electrons. The van der Waals surface area contributed by atoms with E-state index < -0.39 is 5.69 Å². The van der Waals surface area contributed by atoms with Crippen molar-refractivity contribution in [3.05, 3.63) is 26.4 Å². The molecule has 0 aromatic carbocycles. The van der Waals surface area contributed by atoms with E-state index in [-0.39, 0.29) is 5.56 Å². The van der Waals surface area contributed by atoms with E-state index in [1.165, 1.54) is 0 Å². The van der Waals surface area contributed by atoms with Crippen LogP contribution in [0.15, 0.2) is 9.59 Å². The van der Waals surface area contributed by atoms with E-state index in [2.05, 4.69) is 15.3 Å². The van der Waals surface area contributed by atoms with E-state index in [0.29, 0.717) is 17.4 Å². The summed E-state index contributed by atoms with van der Waals surface area (Å²) in [5.74, 6) is 0.576. The molecule has 1 aliphatic heterocycles. The van der Waals surface area contributed by atoms with Crippen molar-refractivity contribution in [1.29, 1.82) is 0 Å². The molecule has 1 aromatic rings. The summed E-state index contributed by atoms with van der Waals surface area (Å²) in [6.07, 6.45) is 1.64.